The fraction of sp³-hybridized carbons (Fsp3) is 0.118. The van der Waals surface area contributed by atoms with Crippen LogP contribution in [0.5, 0.6) is 5.75 Å². The number of aliphatic carboxylic acids is 1. The van der Waals surface area contributed by atoms with E-state index in [2.05, 4.69) is 10.5 Å². The van der Waals surface area contributed by atoms with Gasteiger partial charge in [0.15, 0.2) is 6.10 Å². The molecule has 0 saturated heterocycles. The van der Waals surface area contributed by atoms with E-state index in [4.69, 9.17) is 9.84 Å². The van der Waals surface area contributed by atoms with Crippen LogP contribution >= 0.6 is 0 Å². The summed E-state index contributed by atoms with van der Waals surface area (Å²) in [6.45, 7) is 1.46. The highest BCUT2D eigenvalue weighted by Crippen LogP contribution is 2.13. The van der Waals surface area contributed by atoms with Gasteiger partial charge < -0.3 is 9.84 Å². The van der Waals surface area contributed by atoms with E-state index in [9.17, 15) is 9.59 Å². The van der Waals surface area contributed by atoms with Crippen LogP contribution in [-0.4, -0.2) is 29.3 Å². The van der Waals surface area contributed by atoms with Crippen molar-refractivity contribution in [2.75, 3.05) is 0 Å². The van der Waals surface area contributed by atoms with E-state index in [-0.39, 0.29) is 5.91 Å². The van der Waals surface area contributed by atoms with Crippen molar-refractivity contribution >= 4 is 18.1 Å². The molecule has 0 fully saturated rings. The largest absolute Gasteiger partial charge is 0.479 e. The molecule has 2 rings (SSSR count). The van der Waals surface area contributed by atoms with Crippen LogP contribution in [-0.2, 0) is 4.79 Å². The summed E-state index contributed by atoms with van der Waals surface area (Å²) in [5, 5.41) is 12.7. The summed E-state index contributed by atoms with van der Waals surface area (Å²) in [4.78, 5) is 22.5. The van der Waals surface area contributed by atoms with Gasteiger partial charge in [-0.1, -0.05) is 18.2 Å². The van der Waals surface area contributed by atoms with Crippen molar-refractivity contribution in [1.29, 1.82) is 0 Å². The molecule has 0 heterocycles. The average Bonchev–Trinajstić information content (AvgIpc) is 2.57. The standard InChI is InChI=1S/C17H16N2O4/c1-12(17(21)22)23-15-9-7-13(8-10-15)11-18-19-16(20)14-5-3-2-4-6-14/h2-12H,1H3,(H,19,20)(H,21,22)/b18-11+. The first-order valence-electron chi connectivity index (χ1n) is 6.94. The molecular formula is C17H16N2O4. The normalized spacial score (nSPS) is 11.9. The van der Waals surface area contributed by atoms with Crippen molar-refractivity contribution in [1.82, 2.24) is 5.43 Å². The number of carboxylic acids is 1. The summed E-state index contributed by atoms with van der Waals surface area (Å²) >= 11 is 0. The second-order valence-corrected chi connectivity index (χ2v) is 4.73. The Balaban J connectivity index is 1.90. The van der Waals surface area contributed by atoms with Crippen molar-refractivity contribution in [3.05, 3.63) is 65.7 Å². The first-order chi connectivity index (χ1) is 11.1. The predicted octanol–water partition coefficient (Wildman–Crippen LogP) is 2.30. The van der Waals surface area contributed by atoms with E-state index in [1.54, 1.807) is 48.5 Å². The number of carbonyl (C=O) groups excluding carboxylic acids is 1. The first-order valence-corrected chi connectivity index (χ1v) is 6.94. The molecule has 0 aromatic heterocycles. The van der Waals surface area contributed by atoms with E-state index in [0.29, 0.717) is 11.3 Å². The highest BCUT2D eigenvalue weighted by atomic mass is 16.5. The Bertz CT molecular complexity index is 696. The van der Waals surface area contributed by atoms with Gasteiger partial charge in [0.1, 0.15) is 5.75 Å². The molecule has 1 atom stereocenters. The van der Waals surface area contributed by atoms with E-state index in [0.717, 1.165) is 5.56 Å². The zero-order chi connectivity index (χ0) is 16.7. The van der Waals surface area contributed by atoms with Gasteiger partial charge in [-0.2, -0.15) is 5.10 Å². The van der Waals surface area contributed by atoms with Crippen molar-refractivity contribution in [2.45, 2.75) is 13.0 Å². The maximum Gasteiger partial charge on any atom is 0.344 e. The molecule has 1 amide bonds. The molecule has 6 heteroatoms. The minimum absolute atomic E-state index is 0.294. The third kappa shape index (κ3) is 4.96. The zero-order valence-electron chi connectivity index (χ0n) is 12.5. The van der Waals surface area contributed by atoms with Crippen LogP contribution in [0.3, 0.4) is 0 Å². The minimum Gasteiger partial charge on any atom is -0.479 e. The zero-order valence-corrected chi connectivity index (χ0v) is 12.5. The van der Waals surface area contributed by atoms with Gasteiger partial charge in [0.25, 0.3) is 5.91 Å². The van der Waals surface area contributed by atoms with E-state index >= 15 is 0 Å². The number of carboxylic acid groups (broad SMARTS) is 1. The average molecular weight is 312 g/mol. The van der Waals surface area contributed by atoms with Gasteiger partial charge in [-0.05, 0) is 48.9 Å². The summed E-state index contributed by atoms with van der Waals surface area (Å²) in [6.07, 6.45) is 0.574. The third-order valence-corrected chi connectivity index (χ3v) is 2.96. The van der Waals surface area contributed by atoms with E-state index < -0.39 is 12.1 Å². The van der Waals surface area contributed by atoms with Crippen molar-refractivity contribution in [3.63, 3.8) is 0 Å². The van der Waals surface area contributed by atoms with Crippen LogP contribution in [0.15, 0.2) is 59.7 Å². The lowest BCUT2D eigenvalue weighted by Gasteiger charge is -2.09. The molecule has 0 saturated carbocycles. The van der Waals surface area contributed by atoms with Gasteiger partial charge in [-0.15, -0.1) is 0 Å². The molecular weight excluding hydrogens is 296 g/mol. The van der Waals surface area contributed by atoms with E-state index in [1.807, 2.05) is 6.07 Å². The number of nitrogens with one attached hydrogen (secondary N) is 1. The Labute approximate surface area is 133 Å². The van der Waals surface area contributed by atoms with Crippen LogP contribution < -0.4 is 10.2 Å². The van der Waals surface area contributed by atoms with E-state index in [1.165, 1.54) is 13.1 Å². The molecule has 0 aliphatic heterocycles. The first kappa shape index (κ1) is 16.2. The number of hydrazone groups is 1. The maximum atomic E-state index is 11.8. The Morgan fingerprint density at radius 1 is 1.13 bits per heavy atom. The van der Waals surface area contributed by atoms with Crippen LogP contribution in [0.1, 0.15) is 22.8 Å². The highest BCUT2D eigenvalue weighted by Gasteiger charge is 2.11. The Morgan fingerprint density at radius 3 is 2.39 bits per heavy atom. The number of hydrogen-bond acceptors (Lipinski definition) is 4. The van der Waals surface area contributed by atoms with Crippen molar-refractivity contribution in [2.24, 2.45) is 5.10 Å². The monoisotopic (exact) mass is 312 g/mol. The van der Waals surface area contributed by atoms with Gasteiger partial charge in [0.2, 0.25) is 0 Å². The van der Waals surface area contributed by atoms with Crippen LogP contribution in [0.25, 0.3) is 0 Å². The SMILES string of the molecule is CC(Oc1ccc(/C=N/NC(=O)c2ccccc2)cc1)C(=O)O. The van der Waals surface area contributed by atoms with Gasteiger partial charge in [0.05, 0.1) is 6.21 Å². The number of hydrogen-bond donors (Lipinski definition) is 2. The molecule has 0 spiro atoms. The topological polar surface area (TPSA) is 88.0 Å². The minimum atomic E-state index is -1.03. The summed E-state index contributed by atoms with van der Waals surface area (Å²) < 4.78 is 5.22. The number of benzene rings is 2. The fourth-order valence-electron chi connectivity index (χ4n) is 1.71. The second-order valence-electron chi connectivity index (χ2n) is 4.73. The number of ether oxygens (including phenoxy) is 1. The Morgan fingerprint density at radius 2 is 1.78 bits per heavy atom. The number of rotatable bonds is 6. The second kappa shape index (κ2) is 7.74. The molecule has 2 N–H and O–H groups in total. The molecule has 6 nitrogen and oxygen atoms in total. The summed E-state index contributed by atoms with van der Waals surface area (Å²) in [5.41, 5.74) is 3.70. The van der Waals surface area contributed by atoms with Crippen LogP contribution in [0.2, 0.25) is 0 Å². The molecule has 118 valence electrons. The fourth-order valence-corrected chi connectivity index (χ4v) is 1.71. The number of carbonyl (C=O) groups is 2. The van der Waals surface area contributed by atoms with Crippen molar-refractivity contribution < 1.29 is 19.4 Å². The van der Waals surface area contributed by atoms with Gasteiger partial charge in [-0.3, -0.25) is 4.79 Å². The Kier molecular flexibility index (Phi) is 5.46. The molecule has 0 aliphatic carbocycles. The number of amides is 1. The lowest BCUT2D eigenvalue weighted by Crippen LogP contribution is -2.22. The summed E-state index contributed by atoms with van der Waals surface area (Å²) in [5.74, 6) is -0.873. The van der Waals surface area contributed by atoms with Crippen LogP contribution in [0.4, 0.5) is 0 Å². The molecule has 2 aromatic rings. The Hall–Kier alpha value is -3.15. The molecule has 0 bridgehead atoms. The molecule has 0 aliphatic rings. The quantitative estimate of drug-likeness (QED) is 0.633. The predicted molar refractivity (Wildman–Crippen MR) is 85.7 cm³/mol. The summed E-state index contributed by atoms with van der Waals surface area (Å²) in [7, 11) is 0. The summed E-state index contributed by atoms with van der Waals surface area (Å²) in [6, 6.07) is 15.5. The molecule has 0 radical (unpaired) electrons. The highest BCUT2D eigenvalue weighted by molar-refractivity contribution is 5.94. The van der Waals surface area contributed by atoms with Gasteiger partial charge >= 0.3 is 5.97 Å². The third-order valence-electron chi connectivity index (χ3n) is 2.96. The molecule has 1 unspecified atom stereocenters. The smallest absolute Gasteiger partial charge is 0.344 e. The maximum absolute atomic E-state index is 11.8. The number of nitrogens with zero attached hydrogens (tertiary/aromatic N) is 1. The van der Waals surface area contributed by atoms with Gasteiger partial charge in [0, 0.05) is 5.56 Å². The lowest BCUT2D eigenvalue weighted by atomic mass is 10.2. The van der Waals surface area contributed by atoms with Gasteiger partial charge in [-0.25, -0.2) is 10.2 Å². The van der Waals surface area contributed by atoms with Crippen LogP contribution in [0, 0.1) is 0 Å². The van der Waals surface area contributed by atoms with Crippen molar-refractivity contribution in [3.8, 4) is 5.75 Å². The lowest BCUT2D eigenvalue weighted by molar-refractivity contribution is -0.144. The molecule has 2 aromatic carbocycles. The molecule has 23 heavy (non-hydrogen) atoms.